The Morgan fingerprint density at radius 1 is 1.05 bits per heavy atom. The Balaban J connectivity index is 1.55. The van der Waals surface area contributed by atoms with Crippen molar-refractivity contribution in [2.45, 2.75) is 18.9 Å². The van der Waals surface area contributed by atoms with E-state index in [2.05, 4.69) is 15.1 Å². The maximum Gasteiger partial charge on any atom is 0.123 e. The number of piperazine rings is 1. The molecule has 4 heteroatoms. The van der Waals surface area contributed by atoms with Crippen molar-refractivity contribution in [2.24, 2.45) is 0 Å². The predicted octanol–water partition coefficient (Wildman–Crippen LogP) is 1.70. The molecule has 0 saturated carbocycles. The molecule has 0 aromatic heterocycles. The molecule has 0 radical (unpaired) electrons. The summed E-state index contributed by atoms with van der Waals surface area (Å²) >= 11 is 0. The summed E-state index contributed by atoms with van der Waals surface area (Å²) < 4.78 is 12.9. The second-order valence-electron chi connectivity index (χ2n) is 5.50. The number of benzene rings is 1. The number of piperidine rings is 1. The van der Waals surface area contributed by atoms with E-state index in [1.54, 1.807) is 12.1 Å². The van der Waals surface area contributed by atoms with Crippen LogP contribution in [0.4, 0.5) is 10.1 Å². The smallest absolute Gasteiger partial charge is 0.123 e. The van der Waals surface area contributed by atoms with Gasteiger partial charge in [-0.2, -0.15) is 0 Å². The quantitative estimate of drug-likeness (QED) is 0.876. The van der Waals surface area contributed by atoms with Gasteiger partial charge in [-0.05, 0) is 43.7 Å². The zero-order valence-electron chi connectivity index (χ0n) is 11.3. The Bertz CT molecular complexity index is 392. The van der Waals surface area contributed by atoms with E-state index in [0.717, 1.165) is 38.4 Å². The van der Waals surface area contributed by atoms with Gasteiger partial charge in [0.2, 0.25) is 0 Å². The predicted molar refractivity (Wildman–Crippen MR) is 76.1 cm³/mol. The number of hydrogen-bond donors (Lipinski definition) is 1. The lowest BCUT2D eigenvalue weighted by atomic mass is 10.0. The summed E-state index contributed by atoms with van der Waals surface area (Å²) in [4.78, 5) is 4.96. The molecule has 2 aliphatic rings. The van der Waals surface area contributed by atoms with Crippen LogP contribution in [0.1, 0.15) is 12.8 Å². The van der Waals surface area contributed by atoms with Crippen molar-refractivity contribution in [1.29, 1.82) is 0 Å². The first-order valence-corrected chi connectivity index (χ1v) is 7.28. The van der Waals surface area contributed by atoms with E-state index in [-0.39, 0.29) is 5.82 Å². The normalized spacial score (nSPS) is 25.5. The number of nitrogens with zero attached hydrogens (tertiary/aromatic N) is 2. The molecule has 3 nitrogen and oxygen atoms in total. The summed E-state index contributed by atoms with van der Waals surface area (Å²) in [5.41, 5.74) is 1.14. The standard InChI is InChI=1S/C15H22FN3/c16-13-3-5-14(6-4-13)18-8-10-19(11-9-18)15-2-1-7-17-12-15/h3-6,15,17H,1-2,7-12H2/t15-/m1/s1. The van der Waals surface area contributed by atoms with Crippen molar-refractivity contribution in [3.63, 3.8) is 0 Å². The van der Waals surface area contributed by atoms with E-state index < -0.39 is 0 Å². The molecule has 104 valence electrons. The van der Waals surface area contributed by atoms with Gasteiger partial charge in [-0.15, -0.1) is 0 Å². The van der Waals surface area contributed by atoms with Crippen LogP contribution in [0.25, 0.3) is 0 Å². The van der Waals surface area contributed by atoms with Gasteiger partial charge in [-0.3, -0.25) is 4.90 Å². The molecule has 19 heavy (non-hydrogen) atoms. The Labute approximate surface area is 114 Å². The van der Waals surface area contributed by atoms with Gasteiger partial charge >= 0.3 is 0 Å². The molecule has 0 unspecified atom stereocenters. The van der Waals surface area contributed by atoms with Crippen molar-refractivity contribution in [3.05, 3.63) is 30.1 Å². The largest absolute Gasteiger partial charge is 0.369 e. The van der Waals surface area contributed by atoms with E-state index in [9.17, 15) is 4.39 Å². The van der Waals surface area contributed by atoms with Crippen molar-refractivity contribution in [2.75, 3.05) is 44.2 Å². The minimum atomic E-state index is -0.157. The van der Waals surface area contributed by atoms with E-state index >= 15 is 0 Å². The molecule has 1 atom stereocenters. The third kappa shape index (κ3) is 3.07. The average molecular weight is 263 g/mol. The molecule has 0 amide bonds. The molecule has 2 fully saturated rings. The lowest BCUT2D eigenvalue weighted by Crippen LogP contribution is -2.54. The average Bonchev–Trinajstić information content (AvgIpc) is 2.49. The van der Waals surface area contributed by atoms with E-state index in [4.69, 9.17) is 0 Å². The van der Waals surface area contributed by atoms with Gasteiger partial charge in [-0.25, -0.2) is 4.39 Å². The highest BCUT2D eigenvalue weighted by Gasteiger charge is 2.24. The second-order valence-corrected chi connectivity index (χ2v) is 5.50. The third-order valence-electron chi connectivity index (χ3n) is 4.29. The van der Waals surface area contributed by atoms with Gasteiger partial charge < -0.3 is 10.2 Å². The molecule has 1 aromatic carbocycles. The molecule has 3 rings (SSSR count). The number of halogens is 1. The van der Waals surface area contributed by atoms with Crippen LogP contribution in [0.5, 0.6) is 0 Å². The Hall–Kier alpha value is -1.13. The first kappa shape index (κ1) is 12.9. The third-order valence-corrected chi connectivity index (χ3v) is 4.29. The van der Waals surface area contributed by atoms with Crippen molar-refractivity contribution >= 4 is 5.69 Å². The fraction of sp³-hybridized carbons (Fsp3) is 0.600. The highest BCUT2D eigenvalue weighted by atomic mass is 19.1. The van der Waals surface area contributed by atoms with Crippen LogP contribution in [0, 0.1) is 5.82 Å². The first-order chi connectivity index (χ1) is 9.33. The van der Waals surface area contributed by atoms with Crippen LogP contribution < -0.4 is 10.2 Å². The number of rotatable bonds is 2. The molecular weight excluding hydrogens is 241 g/mol. The minimum absolute atomic E-state index is 0.157. The Morgan fingerprint density at radius 2 is 1.79 bits per heavy atom. The van der Waals surface area contributed by atoms with Crippen LogP contribution in [0.3, 0.4) is 0 Å². The monoisotopic (exact) mass is 263 g/mol. The molecule has 1 N–H and O–H groups in total. The zero-order chi connectivity index (χ0) is 13.1. The molecule has 0 aliphatic carbocycles. The zero-order valence-corrected chi connectivity index (χ0v) is 11.3. The van der Waals surface area contributed by atoms with Crippen molar-refractivity contribution < 1.29 is 4.39 Å². The van der Waals surface area contributed by atoms with Gasteiger partial charge in [0.05, 0.1) is 0 Å². The van der Waals surface area contributed by atoms with Gasteiger partial charge in [0.25, 0.3) is 0 Å². The van der Waals surface area contributed by atoms with E-state index in [0.29, 0.717) is 6.04 Å². The van der Waals surface area contributed by atoms with Crippen LogP contribution in [0.15, 0.2) is 24.3 Å². The SMILES string of the molecule is Fc1ccc(N2CCN([C@@H]3CCCNC3)CC2)cc1. The van der Waals surface area contributed by atoms with Crippen LogP contribution in [-0.2, 0) is 0 Å². The summed E-state index contributed by atoms with van der Waals surface area (Å²) in [5.74, 6) is -0.157. The molecule has 0 spiro atoms. The van der Waals surface area contributed by atoms with E-state index in [1.807, 2.05) is 12.1 Å². The summed E-state index contributed by atoms with van der Waals surface area (Å²) in [6.07, 6.45) is 2.62. The topological polar surface area (TPSA) is 18.5 Å². The Kier molecular flexibility index (Phi) is 3.99. The van der Waals surface area contributed by atoms with Crippen LogP contribution in [-0.4, -0.2) is 50.2 Å². The van der Waals surface area contributed by atoms with Crippen LogP contribution >= 0.6 is 0 Å². The van der Waals surface area contributed by atoms with Crippen LogP contribution in [0.2, 0.25) is 0 Å². The van der Waals surface area contributed by atoms with Gasteiger partial charge in [0.1, 0.15) is 5.82 Å². The van der Waals surface area contributed by atoms with Gasteiger partial charge in [0, 0.05) is 44.5 Å². The number of nitrogens with one attached hydrogen (secondary N) is 1. The summed E-state index contributed by atoms with van der Waals surface area (Å²) in [6.45, 7) is 6.63. The van der Waals surface area contributed by atoms with Crippen molar-refractivity contribution in [1.82, 2.24) is 10.2 Å². The molecule has 2 saturated heterocycles. The minimum Gasteiger partial charge on any atom is -0.369 e. The Morgan fingerprint density at radius 3 is 2.42 bits per heavy atom. The van der Waals surface area contributed by atoms with Crippen molar-refractivity contribution in [3.8, 4) is 0 Å². The highest BCUT2D eigenvalue weighted by molar-refractivity contribution is 5.46. The summed E-state index contributed by atoms with van der Waals surface area (Å²) in [6, 6.07) is 7.57. The molecule has 2 aliphatic heterocycles. The summed E-state index contributed by atoms with van der Waals surface area (Å²) in [7, 11) is 0. The highest BCUT2D eigenvalue weighted by Crippen LogP contribution is 2.19. The second kappa shape index (κ2) is 5.88. The van der Waals surface area contributed by atoms with Gasteiger partial charge in [-0.1, -0.05) is 0 Å². The number of hydrogen-bond acceptors (Lipinski definition) is 3. The molecule has 0 bridgehead atoms. The maximum atomic E-state index is 12.9. The fourth-order valence-corrected chi connectivity index (χ4v) is 3.14. The van der Waals surface area contributed by atoms with Gasteiger partial charge in [0.15, 0.2) is 0 Å². The fourth-order valence-electron chi connectivity index (χ4n) is 3.14. The molecule has 1 aromatic rings. The summed E-state index contributed by atoms with van der Waals surface area (Å²) in [5, 5.41) is 3.48. The first-order valence-electron chi connectivity index (χ1n) is 7.28. The lowest BCUT2D eigenvalue weighted by Gasteiger charge is -2.41. The maximum absolute atomic E-state index is 12.9. The van der Waals surface area contributed by atoms with E-state index in [1.165, 1.54) is 19.4 Å². The molecule has 2 heterocycles. The lowest BCUT2D eigenvalue weighted by molar-refractivity contribution is 0.157. The molecular formula is C15H22FN3. The number of anilines is 1.